The molecule has 0 bridgehead atoms. The standard InChI is InChI=1S/C22H23F6N3OS/c1-13(2)18(19(32)31(3)12-14-7-5-4-6-8-14)30-20(33)29-17-10-15(21(23,24)25)9-16(11-17)22(26,27)28/h4-11,13,18H,12H2,1-3H3,(H2,29,30,33)/t18-/m1/s1. The minimum atomic E-state index is -4.98. The maximum Gasteiger partial charge on any atom is 0.416 e. The van der Waals surface area contributed by atoms with E-state index in [1.54, 1.807) is 20.9 Å². The van der Waals surface area contributed by atoms with E-state index in [-0.39, 0.29) is 23.0 Å². The first-order valence-corrected chi connectivity index (χ1v) is 10.2. The van der Waals surface area contributed by atoms with Crippen molar-refractivity contribution in [2.24, 2.45) is 5.92 Å². The summed E-state index contributed by atoms with van der Waals surface area (Å²) in [5.41, 5.74) is -2.55. The van der Waals surface area contributed by atoms with Crippen LogP contribution < -0.4 is 10.6 Å². The average Bonchev–Trinajstić information content (AvgIpc) is 2.70. The molecule has 4 nitrogen and oxygen atoms in total. The summed E-state index contributed by atoms with van der Waals surface area (Å²) in [6.45, 7) is 3.79. The summed E-state index contributed by atoms with van der Waals surface area (Å²) in [5, 5.41) is 4.78. The molecular weight excluding hydrogens is 468 g/mol. The van der Waals surface area contributed by atoms with E-state index < -0.39 is 35.2 Å². The molecule has 0 saturated heterocycles. The lowest BCUT2D eigenvalue weighted by Gasteiger charge is -2.28. The summed E-state index contributed by atoms with van der Waals surface area (Å²) < 4.78 is 78.4. The molecule has 2 N–H and O–H groups in total. The van der Waals surface area contributed by atoms with E-state index in [0.717, 1.165) is 5.56 Å². The van der Waals surface area contributed by atoms with Crippen molar-refractivity contribution in [3.63, 3.8) is 0 Å². The molecule has 0 radical (unpaired) electrons. The zero-order valence-electron chi connectivity index (χ0n) is 18.0. The number of alkyl halides is 6. The van der Waals surface area contributed by atoms with Gasteiger partial charge in [-0.25, -0.2) is 0 Å². The first-order valence-electron chi connectivity index (χ1n) is 9.84. The quantitative estimate of drug-likeness (QED) is 0.402. The molecule has 1 amide bonds. The lowest BCUT2D eigenvalue weighted by molar-refractivity contribution is -0.143. The summed E-state index contributed by atoms with van der Waals surface area (Å²) in [7, 11) is 1.59. The molecule has 0 heterocycles. The van der Waals surface area contributed by atoms with Gasteiger partial charge in [-0.15, -0.1) is 0 Å². The number of halogens is 6. The molecule has 0 unspecified atom stereocenters. The van der Waals surface area contributed by atoms with Crippen molar-refractivity contribution in [3.8, 4) is 0 Å². The Morgan fingerprint density at radius 2 is 1.48 bits per heavy atom. The lowest BCUT2D eigenvalue weighted by atomic mass is 10.0. The Balaban J connectivity index is 2.18. The predicted octanol–water partition coefficient (Wildman–Crippen LogP) is 5.69. The van der Waals surface area contributed by atoms with Gasteiger partial charge in [-0.3, -0.25) is 4.79 Å². The van der Waals surface area contributed by atoms with Gasteiger partial charge in [-0.05, 0) is 41.9 Å². The molecule has 0 aromatic heterocycles. The van der Waals surface area contributed by atoms with Gasteiger partial charge in [0.2, 0.25) is 5.91 Å². The summed E-state index contributed by atoms with van der Waals surface area (Å²) in [5.74, 6) is -0.610. The number of hydrogen-bond donors (Lipinski definition) is 2. The van der Waals surface area contributed by atoms with E-state index >= 15 is 0 Å². The van der Waals surface area contributed by atoms with Crippen LogP contribution in [0.3, 0.4) is 0 Å². The molecule has 2 rings (SSSR count). The van der Waals surface area contributed by atoms with Gasteiger partial charge >= 0.3 is 12.4 Å². The van der Waals surface area contributed by atoms with Crippen molar-refractivity contribution >= 4 is 28.9 Å². The number of nitrogens with zero attached hydrogens (tertiary/aromatic N) is 1. The van der Waals surface area contributed by atoms with E-state index in [0.29, 0.717) is 18.7 Å². The van der Waals surface area contributed by atoms with Gasteiger partial charge in [0.15, 0.2) is 5.11 Å². The molecule has 0 aliphatic carbocycles. The Kier molecular flexibility index (Phi) is 8.34. The van der Waals surface area contributed by atoms with Crippen LogP contribution in [0.25, 0.3) is 0 Å². The third-order valence-corrected chi connectivity index (χ3v) is 4.92. The molecule has 1 atom stereocenters. The monoisotopic (exact) mass is 491 g/mol. The number of amides is 1. The molecule has 2 aromatic carbocycles. The molecular formula is C22H23F6N3OS. The molecule has 0 aliphatic rings. The highest BCUT2D eigenvalue weighted by Crippen LogP contribution is 2.37. The van der Waals surface area contributed by atoms with E-state index in [1.807, 2.05) is 30.3 Å². The van der Waals surface area contributed by atoms with Gasteiger partial charge in [-0.1, -0.05) is 44.2 Å². The molecule has 0 fully saturated rings. The van der Waals surface area contributed by atoms with Crippen molar-refractivity contribution < 1.29 is 31.1 Å². The summed E-state index contributed by atoms with van der Waals surface area (Å²) >= 11 is 5.08. The maximum atomic E-state index is 13.1. The van der Waals surface area contributed by atoms with Crippen LogP contribution in [0.15, 0.2) is 48.5 Å². The van der Waals surface area contributed by atoms with Gasteiger partial charge in [0.05, 0.1) is 11.1 Å². The molecule has 0 saturated carbocycles. The number of likely N-dealkylation sites (N-methyl/N-ethyl adjacent to an activating group) is 1. The number of rotatable bonds is 6. The van der Waals surface area contributed by atoms with Crippen LogP contribution >= 0.6 is 12.2 Å². The number of thiocarbonyl (C=S) groups is 1. The minimum Gasteiger partial charge on any atom is -0.350 e. The third-order valence-electron chi connectivity index (χ3n) is 4.70. The van der Waals surface area contributed by atoms with Crippen molar-refractivity contribution in [2.75, 3.05) is 12.4 Å². The minimum absolute atomic E-state index is 0.0284. The Hall–Kier alpha value is -2.82. The van der Waals surface area contributed by atoms with E-state index in [2.05, 4.69) is 10.6 Å². The van der Waals surface area contributed by atoms with Crippen LogP contribution in [0, 0.1) is 5.92 Å². The fourth-order valence-electron chi connectivity index (χ4n) is 3.02. The zero-order chi connectivity index (χ0) is 25.0. The summed E-state index contributed by atoms with van der Waals surface area (Å²) in [6.07, 6.45) is -9.97. The second-order valence-electron chi connectivity index (χ2n) is 7.79. The topological polar surface area (TPSA) is 44.4 Å². The number of carbonyl (C=O) groups excluding carboxylic acids is 1. The second kappa shape index (κ2) is 10.4. The van der Waals surface area contributed by atoms with Gasteiger partial charge in [0.25, 0.3) is 0 Å². The highest BCUT2D eigenvalue weighted by atomic mass is 32.1. The van der Waals surface area contributed by atoms with Crippen LogP contribution in [0.1, 0.15) is 30.5 Å². The van der Waals surface area contributed by atoms with Crippen molar-refractivity contribution in [1.82, 2.24) is 10.2 Å². The van der Waals surface area contributed by atoms with Crippen LogP contribution in [0.2, 0.25) is 0 Å². The smallest absolute Gasteiger partial charge is 0.350 e. The Bertz CT molecular complexity index is 944. The lowest BCUT2D eigenvalue weighted by Crippen LogP contribution is -2.51. The first-order chi connectivity index (χ1) is 15.2. The van der Waals surface area contributed by atoms with Crippen molar-refractivity contribution in [1.29, 1.82) is 0 Å². The Morgan fingerprint density at radius 3 is 1.94 bits per heavy atom. The SMILES string of the molecule is CC(C)[C@@H](NC(=S)Nc1cc(C(F)(F)F)cc(C(F)(F)F)c1)C(=O)N(C)Cc1ccccc1. The van der Waals surface area contributed by atoms with Gasteiger partial charge < -0.3 is 15.5 Å². The highest BCUT2D eigenvalue weighted by molar-refractivity contribution is 7.80. The van der Waals surface area contributed by atoms with E-state index in [9.17, 15) is 31.1 Å². The fraction of sp³-hybridized carbons (Fsp3) is 0.364. The summed E-state index contributed by atoms with van der Waals surface area (Å²) in [6, 6.07) is 9.41. The van der Waals surface area contributed by atoms with Crippen molar-refractivity contribution in [2.45, 2.75) is 38.8 Å². The van der Waals surface area contributed by atoms with Crippen LogP contribution in [0.4, 0.5) is 32.0 Å². The van der Waals surface area contributed by atoms with Crippen LogP contribution in [-0.2, 0) is 23.7 Å². The molecule has 2 aromatic rings. The molecule has 33 heavy (non-hydrogen) atoms. The fourth-order valence-corrected chi connectivity index (χ4v) is 3.27. The summed E-state index contributed by atoms with van der Waals surface area (Å²) in [4.78, 5) is 14.4. The predicted molar refractivity (Wildman–Crippen MR) is 117 cm³/mol. The molecule has 11 heteroatoms. The van der Waals surface area contributed by atoms with Crippen LogP contribution in [-0.4, -0.2) is 29.0 Å². The zero-order valence-corrected chi connectivity index (χ0v) is 18.8. The Labute approximate surface area is 193 Å². The maximum absolute atomic E-state index is 13.1. The van der Waals surface area contributed by atoms with Gasteiger partial charge in [-0.2, -0.15) is 26.3 Å². The van der Waals surface area contributed by atoms with Gasteiger partial charge in [0, 0.05) is 19.3 Å². The molecule has 180 valence electrons. The normalized spacial score (nSPS) is 12.9. The van der Waals surface area contributed by atoms with Crippen LogP contribution in [0.5, 0.6) is 0 Å². The van der Waals surface area contributed by atoms with Gasteiger partial charge in [0.1, 0.15) is 6.04 Å². The first kappa shape index (κ1) is 26.4. The highest BCUT2D eigenvalue weighted by Gasteiger charge is 2.37. The van der Waals surface area contributed by atoms with E-state index in [1.165, 1.54) is 4.90 Å². The van der Waals surface area contributed by atoms with E-state index in [4.69, 9.17) is 12.2 Å². The number of hydrogen-bond acceptors (Lipinski definition) is 2. The number of carbonyl (C=O) groups is 1. The average molecular weight is 492 g/mol. The van der Waals surface area contributed by atoms with Crippen molar-refractivity contribution in [3.05, 3.63) is 65.2 Å². The Morgan fingerprint density at radius 1 is 0.970 bits per heavy atom. The second-order valence-corrected chi connectivity index (χ2v) is 8.20. The largest absolute Gasteiger partial charge is 0.416 e. The number of nitrogens with one attached hydrogen (secondary N) is 2. The number of benzene rings is 2. The molecule has 0 aliphatic heterocycles. The molecule has 0 spiro atoms. The third kappa shape index (κ3) is 7.62. The number of anilines is 1.